The highest BCUT2D eigenvalue weighted by molar-refractivity contribution is 5.54. The van der Waals surface area contributed by atoms with E-state index in [9.17, 15) is 0 Å². The number of hydrogen-bond donors (Lipinski definition) is 1. The molecule has 0 aliphatic rings. The normalized spacial score (nSPS) is 10.6. The quantitative estimate of drug-likeness (QED) is 0.742. The molecule has 1 aromatic carbocycles. The topological polar surface area (TPSA) is 18.5 Å². The molecule has 1 N–H and O–H groups in total. The van der Waals surface area contributed by atoms with Gasteiger partial charge in [0.2, 0.25) is 0 Å². The van der Waals surface area contributed by atoms with Gasteiger partial charge in [0.1, 0.15) is 0 Å². The van der Waals surface area contributed by atoms with Crippen LogP contribution in [-0.2, 0) is 0 Å². The van der Waals surface area contributed by atoms with E-state index in [2.05, 4.69) is 67.6 Å². The Labute approximate surface area is 99.1 Å². The predicted octanol–water partition coefficient (Wildman–Crippen LogP) is 2.12. The third-order valence-corrected chi connectivity index (χ3v) is 2.49. The van der Waals surface area contributed by atoms with Crippen molar-refractivity contribution >= 4 is 11.4 Å². The van der Waals surface area contributed by atoms with Crippen LogP contribution in [0.25, 0.3) is 0 Å². The summed E-state index contributed by atoms with van der Waals surface area (Å²) >= 11 is 0. The molecule has 0 fully saturated rings. The first-order valence-corrected chi connectivity index (χ1v) is 5.75. The van der Waals surface area contributed by atoms with Crippen LogP contribution in [0.5, 0.6) is 0 Å². The van der Waals surface area contributed by atoms with Gasteiger partial charge in [0.25, 0.3) is 0 Å². The number of nitrogens with one attached hydrogen (secondary N) is 1. The molecular formula is C13H23N3. The third-order valence-electron chi connectivity index (χ3n) is 2.49. The van der Waals surface area contributed by atoms with Crippen LogP contribution in [0, 0.1) is 0 Å². The Balaban J connectivity index is 2.32. The number of anilines is 2. The van der Waals surface area contributed by atoms with Gasteiger partial charge in [0, 0.05) is 32.0 Å². The zero-order valence-electron chi connectivity index (χ0n) is 10.8. The molecule has 1 aromatic rings. The Kier molecular flexibility index (Phi) is 5.12. The van der Waals surface area contributed by atoms with Gasteiger partial charge in [-0.2, -0.15) is 0 Å². The molecule has 0 saturated carbocycles. The van der Waals surface area contributed by atoms with Gasteiger partial charge in [-0.3, -0.25) is 0 Å². The van der Waals surface area contributed by atoms with Crippen LogP contribution in [0.4, 0.5) is 11.4 Å². The van der Waals surface area contributed by atoms with Crippen LogP contribution in [0.15, 0.2) is 24.3 Å². The van der Waals surface area contributed by atoms with Crippen molar-refractivity contribution in [2.24, 2.45) is 0 Å². The van der Waals surface area contributed by atoms with Crippen LogP contribution in [-0.4, -0.2) is 46.2 Å². The summed E-state index contributed by atoms with van der Waals surface area (Å²) in [6.45, 7) is 2.16. The highest BCUT2D eigenvalue weighted by atomic mass is 15.1. The lowest BCUT2D eigenvalue weighted by molar-refractivity contribution is 0.405. The fraction of sp³-hybridized carbons (Fsp3) is 0.538. The average Bonchev–Trinajstić information content (AvgIpc) is 2.25. The molecule has 0 aliphatic carbocycles. The molecule has 3 heteroatoms. The monoisotopic (exact) mass is 221 g/mol. The SMILES string of the molecule is CN(C)CCCNc1ccc(N(C)C)cc1. The van der Waals surface area contributed by atoms with Crippen LogP contribution in [0.3, 0.4) is 0 Å². The minimum Gasteiger partial charge on any atom is -0.385 e. The van der Waals surface area contributed by atoms with Gasteiger partial charge >= 0.3 is 0 Å². The first-order valence-electron chi connectivity index (χ1n) is 5.75. The Morgan fingerprint density at radius 3 is 2.12 bits per heavy atom. The van der Waals surface area contributed by atoms with Crippen molar-refractivity contribution < 1.29 is 0 Å². The van der Waals surface area contributed by atoms with E-state index in [1.54, 1.807) is 0 Å². The molecule has 0 unspecified atom stereocenters. The molecule has 0 atom stereocenters. The smallest absolute Gasteiger partial charge is 0.0362 e. The van der Waals surface area contributed by atoms with Gasteiger partial charge in [0.15, 0.2) is 0 Å². The maximum Gasteiger partial charge on any atom is 0.0362 e. The van der Waals surface area contributed by atoms with E-state index in [0.717, 1.165) is 13.1 Å². The Hall–Kier alpha value is -1.22. The largest absolute Gasteiger partial charge is 0.385 e. The first kappa shape index (κ1) is 12.8. The Morgan fingerprint density at radius 1 is 1.00 bits per heavy atom. The van der Waals surface area contributed by atoms with Gasteiger partial charge in [-0.1, -0.05) is 0 Å². The van der Waals surface area contributed by atoms with Crippen molar-refractivity contribution in [2.75, 3.05) is 51.5 Å². The van der Waals surface area contributed by atoms with Gasteiger partial charge in [-0.25, -0.2) is 0 Å². The van der Waals surface area contributed by atoms with E-state index >= 15 is 0 Å². The summed E-state index contributed by atoms with van der Waals surface area (Å²) in [5, 5.41) is 3.42. The summed E-state index contributed by atoms with van der Waals surface area (Å²) < 4.78 is 0. The zero-order chi connectivity index (χ0) is 12.0. The van der Waals surface area contributed by atoms with Crippen molar-refractivity contribution in [3.63, 3.8) is 0 Å². The highest BCUT2D eigenvalue weighted by Crippen LogP contribution is 2.15. The maximum atomic E-state index is 3.42. The lowest BCUT2D eigenvalue weighted by Crippen LogP contribution is -2.16. The van der Waals surface area contributed by atoms with Crippen LogP contribution < -0.4 is 10.2 Å². The van der Waals surface area contributed by atoms with Crippen molar-refractivity contribution in [3.05, 3.63) is 24.3 Å². The van der Waals surface area contributed by atoms with Crippen LogP contribution in [0.2, 0.25) is 0 Å². The van der Waals surface area contributed by atoms with Gasteiger partial charge in [-0.05, 0) is 51.3 Å². The molecule has 0 spiro atoms. The summed E-state index contributed by atoms with van der Waals surface area (Å²) in [6, 6.07) is 8.53. The van der Waals surface area contributed by atoms with E-state index in [1.165, 1.54) is 17.8 Å². The third kappa shape index (κ3) is 4.53. The van der Waals surface area contributed by atoms with Crippen LogP contribution >= 0.6 is 0 Å². The summed E-state index contributed by atoms with van der Waals surface area (Å²) in [5.41, 5.74) is 2.43. The summed E-state index contributed by atoms with van der Waals surface area (Å²) in [6.07, 6.45) is 1.17. The summed E-state index contributed by atoms with van der Waals surface area (Å²) in [5.74, 6) is 0. The Bertz CT molecular complexity index is 291. The minimum atomic E-state index is 1.03. The molecule has 0 bridgehead atoms. The average molecular weight is 221 g/mol. The molecule has 0 aliphatic heterocycles. The van der Waals surface area contributed by atoms with E-state index in [4.69, 9.17) is 0 Å². The van der Waals surface area contributed by atoms with Crippen molar-refractivity contribution in [1.29, 1.82) is 0 Å². The standard InChI is InChI=1S/C13H23N3/c1-15(2)11-5-10-14-12-6-8-13(9-7-12)16(3)4/h6-9,14H,5,10-11H2,1-4H3. The molecule has 1 rings (SSSR count). The van der Waals surface area contributed by atoms with E-state index < -0.39 is 0 Å². The minimum absolute atomic E-state index is 1.03. The van der Waals surface area contributed by atoms with Gasteiger partial charge < -0.3 is 15.1 Å². The van der Waals surface area contributed by atoms with Crippen molar-refractivity contribution in [3.8, 4) is 0 Å². The second kappa shape index (κ2) is 6.38. The molecule has 0 heterocycles. The molecule has 90 valence electrons. The van der Waals surface area contributed by atoms with E-state index in [0.29, 0.717) is 0 Å². The second-order valence-electron chi connectivity index (χ2n) is 4.52. The van der Waals surface area contributed by atoms with E-state index in [-0.39, 0.29) is 0 Å². The zero-order valence-corrected chi connectivity index (χ0v) is 10.8. The number of benzene rings is 1. The molecule has 0 aromatic heterocycles. The molecule has 0 radical (unpaired) electrons. The maximum absolute atomic E-state index is 3.42. The van der Waals surface area contributed by atoms with Gasteiger partial charge in [-0.15, -0.1) is 0 Å². The number of nitrogens with zero attached hydrogens (tertiary/aromatic N) is 2. The second-order valence-corrected chi connectivity index (χ2v) is 4.52. The summed E-state index contributed by atoms with van der Waals surface area (Å²) in [4.78, 5) is 4.31. The fourth-order valence-electron chi connectivity index (χ4n) is 1.51. The van der Waals surface area contributed by atoms with Crippen molar-refractivity contribution in [2.45, 2.75) is 6.42 Å². The summed E-state index contributed by atoms with van der Waals surface area (Å²) in [7, 11) is 8.32. The fourth-order valence-corrected chi connectivity index (χ4v) is 1.51. The molecular weight excluding hydrogens is 198 g/mol. The molecule has 0 saturated heterocycles. The Morgan fingerprint density at radius 2 is 1.62 bits per heavy atom. The highest BCUT2D eigenvalue weighted by Gasteiger charge is 1.95. The number of rotatable bonds is 6. The predicted molar refractivity (Wildman–Crippen MR) is 72.4 cm³/mol. The van der Waals surface area contributed by atoms with Crippen molar-refractivity contribution in [1.82, 2.24) is 4.90 Å². The number of hydrogen-bond acceptors (Lipinski definition) is 3. The molecule has 0 amide bonds. The van der Waals surface area contributed by atoms with E-state index in [1.807, 2.05) is 0 Å². The lowest BCUT2D eigenvalue weighted by Gasteiger charge is -2.14. The molecule has 3 nitrogen and oxygen atoms in total. The lowest BCUT2D eigenvalue weighted by atomic mass is 10.2. The molecule has 16 heavy (non-hydrogen) atoms. The van der Waals surface area contributed by atoms with Crippen LogP contribution in [0.1, 0.15) is 6.42 Å². The first-order chi connectivity index (χ1) is 7.59. The van der Waals surface area contributed by atoms with Gasteiger partial charge in [0.05, 0.1) is 0 Å².